The van der Waals surface area contributed by atoms with E-state index >= 15 is 0 Å². The molecule has 1 aromatic rings. The van der Waals surface area contributed by atoms with Crippen LogP contribution in [0, 0.1) is 11.3 Å². The lowest BCUT2D eigenvalue weighted by molar-refractivity contribution is 0.0522. The van der Waals surface area contributed by atoms with Gasteiger partial charge in [-0.1, -0.05) is 26.8 Å². The molecular formula is C15H21NO3. The maximum Gasteiger partial charge on any atom is 0.354 e. The summed E-state index contributed by atoms with van der Waals surface area (Å²) in [6.07, 6.45) is 3.31. The Morgan fingerprint density at radius 1 is 1.42 bits per heavy atom. The van der Waals surface area contributed by atoms with Gasteiger partial charge in [0.05, 0.1) is 0 Å². The number of hydrogen-bond donors (Lipinski definition) is 1. The Labute approximate surface area is 113 Å². The van der Waals surface area contributed by atoms with E-state index in [-0.39, 0.29) is 17.2 Å². The molecule has 2 unspecified atom stereocenters. The summed E-state index contributed by atoms with van der Waals surface area (Å²) in [4.78, 5) is 14.9. The number of nitrogens with zero attached hydrogens (tertiary/aromatic N) is 1. The monoisotopic (exact) mass is 263 g/mol. The van der Waals surface area contributed by atoms with Crippen LogP contribution < -0.4 is 4.74 Å². The molecule has 1 aliphatic carbocycles. The number of pyridine rings is 1. The molecule has 0 radical (unpaired) electrons. The van der Waals surface area contributed by atoms with Gasteiger partial charge in [0.15, 0.2) is 5.69 Å². The van der Waals surface area contributed by atoms with Crippen LogP contribution in [0.3, 0.4) is 0 Å². The third kappa shape index (κ3) is 3.69. The molecule has 0 aliphatic heterocycles. The van der Waals surface area contributed by atoms with Crippen LogP contribution >= 0.6 is 0 Å². The zero-order valence-electron chi connectivity index (χ0n) is 11.7. The van der Waals surface area contributed by atoms with Crippen LogP contribution in [0.25, 0.3) is 0 Å². The summed E-state index contributed by atoms with van der Waals surface area (Å²) in [6.45, 7) is 6.73. The van der Waals surface area contributed by atoms with Gasteiger partial charge in [-0.3, -0.25) is 0 Å². The molecule has 0 spiro atoms. The van der Waals surface area contributed by atoms with E-state index in [9.17, 15) is 4.79 Å². The molecule has 2 atom stereocenters. The van der Waals surface area contributed by atoms with E-state index < -0.39 is 5.97 Å². The minimum absolute atomic E-state index is 0.0284. The van der Waals surface area contributed by atoms with Gasteiger partial charge in [-0.25, -0.2) is 9.78 Å². The molecule has 1 aliphatic rings. The van der Waals surface area contributed by atoms with Crippen LogP contribution in [0.5, 0.6) is 5.88 Å². The van der Waals surface area contributed by atoms with Gasteiger partial charge in [-0.15, -0.1) is 0 Å². The maximum absolute atomic E-state index is 10.9. The second-order valence-electron chi connectivity index (χ2n) is 6.32. The van der Waals surface area contributed by atoms with Crippen molar-refractivity contribution in [3.05, 3.63) is 23.9 Å². The van der Waals surface area contributed by atoms with Gasteiger partial charge in [-0.2, -0.15) is 0 Å². The molecular weight excluding hydrogens is 242 g/mol. The molecule has 0 aromatic carbocycles. The molecule has 19 heavy (non-hydrogen) atoms. The average Bonchev–Trinajstić information content (AvgIpc) is 2.26. The standard InChI is InChI=1S/C15H21NO3/c1-10-7-11(9-15(2,3)8-10)19-13-6-4-5-12(16-13)14(17)18/h4-6,10-11H,7-9H2,1-3H3,(H,17,18). The first kappa shape index (κ1) is 13.8. The quantitative estimate of drug-likeness (QED) is 0.908. The largest absolute Gasteiger partial charge is 0.477 e. The highest BCUT2D eigenvalue weighted by atomic mass is 16.5. The van der Waals surface area contributed by atoms with Crippen LogP contribution in [0.1, 0.15) is 50.5 Å². The Bertz CT molecular complexity index is 470. The van der Waals surface area contributed by atoms with Crippen molar-refractivity contribution in [1.82, 2.24) is 4.98 Å². The Kier molecular flexibility index (Phi) is 3.78. The highest BCUT2D eigenvalue weighted by molar-refractivity contribution is 5.85. The summed E-state index contributed by atoms with van der Waals surface area (Å²) < 4.78 is 5.88. The van der Waals surface area contributed by atoms with Gasteiger partial charge >= 0.3 is 5.97 Å². The fraction of sp³-hybridized carbons (Fsp3) is 0.600. The number of rotatable bonds is 3. The minimum Gasteiger partial charge on any atom is -0.477 e. The molecule has 4 heteroatoms. The van der Waals surface area contributed by atoms with Gasteiger partial charge in [0.1, 0.15) is 6.10 Å². The Morgan fingerprint density at radius 3 is 2.79 bits per heavy atom. The third-order valence-electron chi connectivity index (χ3n) is 3.58. The van der Waals surface area contributed by atoms with Crippen molar-refractivity contribution < 1.29 is 14.6 Å². The van der Waals surface area contributed by atoms with Gasteiger partial charge < -0.3 is 9.84 Å². The van der Waals surface area contributed by atoms with Gasteiger partial charge in [0.2, 0.25) is 5.88 Å². The maximum atomic E-state index is 10.9. The minimum atomic E-state index is -1.03. The SMILES string of the molecule is CC1CC(Oc2cccc(C(=O)O)n2)CC(C)(C)C1. The number of carboxylic acids is 1. The van der Waals surface area contributed by atoms with E-state index in [0.29, 0.717) is 11.8 Å². The number of ether oxygens (including phenoxy) is 1. The molecule has 1 saturated carbocycles. The first-order valence-corrected chi connectivity index (χ1v) is 6.73. The predicted octanol–water partition coefficient (Wildman–Crippen LogP) is 3.37. The lowest BCUT2D eigenvalue weighted by atomic mass is 9.71. The highest BCUT2D eigenvalue weighted by Gasteiger charge is 2.33. The Hall–Kier alpha value is -1.58. The van der Waals surface area contributed by atoms with Crippen molar-refractivity contribution in [2.75, 3.05) is 0 Å². The first-order valence-electron chi connectivity index (χ1n) is 6.73. The molecule has 0 saturated heterocycles. The molecule has 0 amide bonds. The number of carbonyl (C=O) groups is 1. The van der Waals surface area contributed by atoms with E-state index in [1.807, 2.05) is 0 Å². The number of aromatic nitrogens is 1. The molecule has 2 rings (SSSR count). The predicted molar refractivity (Wildman–Crippen MR) is 72.4 cm³/mol. The molecule has 1 aromatic heterocycles. The third-order valence-corrected chi connectivity index (χ3v) is 3.58. The lowest BCUT2D eigenvalue weighted by Gasteiger charge is -2.38. The lowest BCUT2D eigenvalue weighted by Crippen LogP contribution is -2.34. The summed E-state index contributed by atoms with van der Waals surface area (Å²) >= 11 is 0. The van der Waals surface area contributed by atoms with Gasteiger partial charge in [0, 0.05) is 6.07 Å². The normalized spacial score (nSPS) is 25.8. The van der Waals surface area contributed by atoms with Crippen molar-refractivity contribution in [3.63, 3.8) is 0 Å². The van der Waals surface area contributed by atoms with Crippen LogP contribution in [0.4, 0.5) is 0 Å². The zero-order chi connectivity index (χ0) is 14.0. The number of carboxylic acid groups (broad SMARTS) is 1. The first-order chi connectivity index (χ1) is 8.85. The zero-order valence-corrected chi connectivity index (χ0v) is 11.7. The second-order valence-corrected chi connectivity index (χ2v) is 6.32. The second kappa shape index (κ2) is 5.19. The topological polar surface area (TPSA) is 59.4 Å². The van der Waals surface area contributed by atoms with Crippen molar-refractivity contribution in [3.8, 4) is 5.88 Å². The van der Waals surface area contributed by atoms with Crippen molar-refractivity contribution >= 4 is 5.97 Å². The van der Waals surface area contributed by atoms with E-state index in [1.165, 1.54) is 12.5 Å². The van der Waals surface area contributed by atoms with Crippen LogP contribution in [0.2, 0.25) is 0 Å². The smallest absolute Gasteiger partial charge is 0.354 e. The van der Waals surface area contributed by atoms with Gasteiger partial charge in [-0.05, 0) is 36.7 Å². The molecule has 1 heterocycles. The van der Waals surface area contributed by atoms with Crippen molar-refractivity contribution in [1.29, 1.82) is 0 Å². The fourth-order valence-corrected chi connectivity index (χ4v) is 3.12. The number of hydrogen-bond acceptors (Lipinski definition) is 3. The van der Waals surface area contributed by atoms with Crippen LogP contribution in [-0.2, 0) is 0 Å². The average molecular weight is 263 g/mol. The van der Waals surface area contributed by atoms with Crippen molar-refractivity contribution in [2.24, 2.45) is 11.3 Å². The van der Waals surface area contributed by atoms with Crippen molar-refractivity contribution in [2.45, 2.75) is 46.1 Å². The molecule has 1 fully saturated rings. The molecule has 4 nitrogen and oxygen atoms in total. The summed E-state index contributed by atoms with van der Waals surface area (Å²) in [5.41, 5.74) is 0.299. The summed E-state index contributed by atoms with van der Waals surface area (Å²) in [7, 11) is 0. The summed E-state index contributed by atoms with van der Waals surface area (Å²) in [5.74, 6) is 0.00833. The fourth-order valence-electron chi connectivity index (χ4n) is 3.12. The highest BCUT2D eigenvalue weighted by Crippen LogP contribution is 2.39. The van der Waals surface area contributed by atoms with Crippen LogP contribution in [0.15, 0.2) is 18.2 Å². The summed E-state index contributed by atoms with van der Waals surface area (Å²) in [6, 6.07) is 4.87. The summed E-state index contributed by atoms with van der Waals surface area (Å²) in [5, 5.41) is 8.92. The Morgan fingerprint density at radius 2 is 2.16 bits per heavy atom. The van der Waals surface area contributed by atoms with E-state index in [4.69, 9.17) is 9.84 Å². The Balaban J connectivity index is 2.08. The number of aromatic carboxylic acids is 1. The van der Waals surface area contributed by atoms with Crippen LogP contribution in [-0.4, -0.2) is 22.2 Å². The molecule has 1 N–H and O–H groups in total. The molecule has 104 valence electrons. The van der Waals surface area contributed by atoms with E-state index in [2.05, 4.69) is 25.8 Å². The van der Waals surface area contributed by atoms with E-state index in [1.54, 1.807) is 12.1 Å². The van der Waals surface area contributed by atoms with E-state index in [0.717, 1.165) is 12.8 Å². The van der Waals surface area contributed by atoms with Gasteiger partial charge in [0.25, 0.3) is 0 Å². The molecule has 0 bridgehead atoms.